The number of rotatable bonds is 6. The minimum Gasteiger partial charge on any atom is -0.496 e. The van der Waals surface area contributed by atoms with E-state index in [2.05, 4.69) is 20.9 Å². The van der Waals surface area contributed by atoms with Crippen molar-refractivity contribution in [1.82, 2.24) is 9.40 Å². The van der Waals surface area contributed by atoms with Gasteiger partial charge in [0.25, 0.3) is 15.6 Å². The first-order valence-corrected chi connectivity index (χ1v) is 15.2. The molecule has 7 nitrogen and oxygen atoms in total. The molecule has 1 N–H and O–H groups in total. The minimum absolute atomic E-state index is 0.118. The topological polar surface area (TPSA) is 91.8 Å². The number of halogens is 1. The third kappa shape index (κ3) is 4.85. The lowest BCUT2D eigenvalue weighted by atomic mass is 9.91. The van der Waals surface area contributed by atoms with Crippen LogP contribution in [0.15, 0.2) is 116 Å². The molecule has 0 saturated heterocycles. The van der Waals surface area contributed by atoms with Crippen LogP contribution in [0.3, 0.4) is 0 Å². The highest BCUT2D eigenvalue weighted by molar-refractivity contribution is 9.10. The van der Waals surface area contributed by atoms with E-state index >= 15 is 0 Å². The van der Waals surface area contributed by atoms with E-state index < -0.39 is 16.1 Å². The van der Waals surface area contributed by atoms with E-state index in [1.165, 1.54) is 0 Å². The Morgan fingerprint density at radius 2 is 1.63 bits per heavy atom. The number of hydrogen-bond acceptors (Lipinski definition) is 5. The summed E-state index contributed by atoms with van der Waals surface area (Å²) < 4.78 is 35.8. The van der Waals surface area contributed by atoms with Crippen molar-refractivity contribution in [1.29, 1.82) is 0 Å². The Balaban J connectivity index is 1.62. The summed E-state index contributed by atoms with van der Waals surface area (Å²) in [5.41, 5.74) is 4.16. The van der Waals surface area contributed by atoms with Crippen molar-refractivity contribution >= 4 is 42.6 Å². The number of methoxy groups -OCH3 is 1. The number of nitrogens with zero attached hydrogens (tertiary/aromatic N) is 2. The third-order valence-corrected chi connectivity index (χ3v) is 9.45. The zero-order valence-corrected chi connectivity index (χ0v) is 24.7. The number of aromatic amines is 1. The maximum absolute atomic E-state index is 14.1. The zero-order chi connectivity index (χ0) is 28.7. The summed E-state index contributed by atoms with van der Waals surface area (Å²) in [7, 11) is -2.54. The summed E-state index contributed by atoms with van der Waals surface area (Å²) in [4.78, 5) is 16.9. The van der Waals surface area contributed by atoms with Crippen LogP contribution >= 0.6 is 15.9 Å². The van der Waals surface area contributed by atoms with Gasteiger partial charge < -0.3 is 9.72 Å². The predicted octanol–water partition coefficient (Wildman–Crippen LogP) is 6.81. The molecule has 0 aliphatic carbocycles. The second-order valence-electron chi connectivity index (χ2n) is 9.86. The number of hydrazone groups is 1. The molecule has 1 atom stereocenters. The normalized spacial score (nSPS) is 15.2. The fraction of sp³-hybridized carbons (Fsp3) is 0.125. The van der Waals surface area contributed by atoms with Crippen molar-refractivity contribution in [3.63, 3.8) is 0 Å². The van der Waals surface area contributed by atoms with E-state index in [1.54, 1.807) is 37.4 Å². The molecule has 5 aromatic rings. The van der Waals surface area contributed by atoms with Gasteiger partial charge in [0.1, 0.15) is 5.75 Å². The number of sulfonamides is 1. The summed E-state index contributed by atoms with van der Waals surface area (Å²) in [5, 5.41) is 5.53. The van der Waals surface area contributed by atoms with Gasteiger partial charge in [-0.15, -0.1) is 0 Å². The zero-order valence-electron chi connectivity index (χ0n) is 22.3. The van der Waals surface area contributed by atoms with Crippen LogP contribution in [0.25, 0.3) is 22.0 Å². The summed E-state index contributed by atoms with van der Waals surface area (Å²) in [6, 6.07) is 28.5. The molecule has 0 radical (unpaired) electrons. The summed E-state index contributed by atoms with van der Waals surface area (Å²) in [6.07, 6.45) is 0.174. The van der Waals surface area contributed by atoms with E-state index in [1.807, 2.05) is 73.7 Å². The molecular weight excluding hydrogens is 602 g/mol. The molecule has 0 bridgehead atoms. The van der Waals surface area contributed by atoms with Gasteiger partial charge in [0.15, 0.2) is 0 Å². The number of fused-ring (bicyclic) bond motifs is 1. The van der Waals surface area contributed by atoms with Gasteiger partial charge in [-0.2, -0.15) is 17.9 Å². The Bertz CT molecular complexity index is 1970. The highest BCUT2D eigenvalue weighted by atomic mass is 79.9. The quantitative estimate of drug-likeness (QED) is 0.224. The van der Waals surface area contributed by atoms with Crippen LogP contribution in [-0.2, 0) is 10.0 Å². The number of ether oxygens (including phenoxy) is 1. The predicted molar refractivity (Wildman–Crippen MR) is 165 cm³/mol. The highest BCUT2D eigenvalue weighted by Gasteiger charge is 2.40. The largest absolute Gasteiger partial charge is 0.496 e. The van der Waals surface area contributed by atoms with E-state index in [0.717, 1.165) is 25.4 Å². The van der Waals surface area contributed by atoms with Crippen molar-refractivity contribution in [2.24, 2.45) is 5.10 Å². The molecule has 9 heteroatoms. The molecule has 1 unspecified atom stereocenters. The van der Waals surface area contributed by atoms with Crippen LogP contribution in [0.5, 0.6) is 5.75 Å². The maximum Gasteiger partial charge on any atom is 0.279 e. The van der Waals surface area contributed by atoms with Crippen LogP contribution in [0, 0.1) is 6.92 Å². The van der Waals surface area contributed by atoms with Crippen LogP contribution in [0.2, 0.25) is 0 Å². The van der Waals surface area contributed by atoms with E-state index in [4.69, 9.17) is 9.84 Å². The molecule has 2 heterocycles. The molecule has 0 amide bonds. The highest BCUT2D eigenvalue weighted by Crippen LogP contribution is 2.42. The molecule has 1 aliphatic heterocycles. The van der Waals surface area contributed by atoms with E-state index in [-0.39, 0.29) is 16.9 Å². The Morgan fingerprint density at radius 1 is 0.927 bits per heavy atom. The summed E-state index contributed by atoms with van der Waals surface area (Å²) in [5.74, 6) is 0.540. The molecule has 0 saturated carbocycles. The second kappa shape index (κ2) is 10.6. The third-order valence-electron chi connectivity index (χ3n) is 7.26. The van der Waals surface area contributed by atoms with Crippen LogP contribution in [0.1, 0.15) is 29.2 Å². The number of nitrogens with one attached hydrogen (secondary N) is 1. The monoisotopic (exact) mass is 627 g/mol. The van der Waals surface area contributed by atoms with E-state index in [0.29, 0.717) is 33.7 Å². The van der Waals surface area contributed by atoms with Crippen LogP contribution < -0.4 is 10.3 Å². The summed E-state index contributed by atoms with van der Waals surface area (Å²) >= 11 is 3.56. The number of aromatic nitrogens is 1. The first-order valence-electron chi connectivity index (χ1n) is 13.0. The van der Waals surface area contributed by atoms with Gasteiger partial charge in [-0.25, -0.2) is 0 Å². The van der Waals surface area contributed by atoms with Gasteiger partial charge in [-0.1, -0.05) is 82.2 Å². The number of H-pyrrole nitrogens is 1. The molecule has 0 fully saturated rings. The second-order valence-corrected chi connectivity index (χ2v) is 12.6. The van der Waals surface area contributed by atoms with Crippen molar-refractivity contribution in [3.05, 3.63) is 129 Å². The Morgan fingerprint density at radius 3 is 2.37 bits per heavy atom. The van der Waals surface area contributed by atoms with Gasteiger partial charge in [0, 0.05) is 32.9 Å². The minimum atomic E-state index is -4.09. The lowest BCUT2D eigenvalue weighted by Gasteiger charge is -2.24. The van der Waals surface area contributed by atoms with Crippen LogP contribution in [0.4, 0.5) is 0 Å². The first-order chi connectivity index (χ1) is 19.8. The van der Waals surface area contributed by atoms with E-state index in [9.17, 15) is 13.2 Å². The average molecular weight is 629 g/mol. The molecule has 41 heavy (non-hydrogen) atoms. The van der Waals surface area contributed by atoms with Gasteiger partial charge in [-0.05, 0) is 48.9 Å². The molecule has 0 spiro atoms. The SMILES string of the molecule is COc1ccccc1C1CC(c2c(-c3ccccc3)c3cc(Br)ccc3[nH]c2=O)=NN1S(=O)(=O)c1ccc(C)cc1. The van der Waals surface area contributed by atoms with Gasteiger partial charge in [-0.3, -0.25) is 4.79 Å². The number of benzene rings is 4. The van der Waals surface area contributed by atoms with Crippen LogP contribution in [-0.4, -0.2) is 30.6 Å². The van der Waals surface area contributed by atoms with Gasteiger partial charge in [0.05, 0.1) is 29.3 Å². The smallest absolute Gasteiger partial charge is 0.279 e. The standard InChI is InChI=1S/C32H26BrN3O4S/c1-20-12-15-23(16-13-20)41(38,39)36-28(24-10-6-7-11-29(24)40-2)19-27(35-36)31-30(21-8-4-3-5-9-21)25-18-22(33)14-17-26(25)34-32(31)37/h3-18,28H,19H2,1-2H3,(H,34,37). The number of para-hydroxylation sites is 1. The molecule has 4 aromatic carbocycles. The maximum atomic E-state index is 14.1. The van der Waals surface area contributed by atoms with Crippen molar-refractivity contribution in [2.45, 2.75) is 24.3 Å². The lowest BCUT2D eigenvalue weighted by molar-refractivity contribution is 0.350. The first kappa shape index (κ1) is 27.0. The Kier molecular flexibility index (Phi) is 7.01. The number of aryl methyl sites for hydroxylation is 1. The Labute approximate surface area is 246 Å². The number of hydrogen-bond donors (Lipinski definition) is 1. The van der Waals surface area contributed by atoms with Crippen molar-refractivity contribution < 1.29 is 13.2 Å². The Hall–Kier alpha value is -4.21. The molecular formula is C32H26BrN3O4S. The van der Waals surface area contributed by atoms with Gasteiger partial charge >= 0.3 is 0 Å². The summed E-state index contributed by atoms with van der Waals surface area (Å²) in [6.45, 7) is 1.90. The molecule has 1 aliphatic rings. The fourth-order valence-corrected chi connectivity index (χ4v) is 7.08. The molecule has 6 rings (SSSR count). The fourth-order valence-electron chi connectivity index (χ4n) is 5.30. The van der Waals surface area contributed by atoms with Crippen molar-refractivity contribution in [3.8, 4) is 16.9 Å². The average Bonchev–Trinajstić information content (AvgIpc) is 3.43. The lowest BCUT2D eigenvalue weighted by Crippen LogP contribution is -2.27. The number of pyridine rings is 1. The van der Waals surface area contributed by atoms with Gasteiger partial charge in [0.2, 0.25) is 0 Å². The van der Waals surface area contributed by atoms with Crippen molar-refractivity contribution in [2.75, 3.05) is 7.11 Å². The molecule has 1 aromatic heterocycles. The molecule has 206 valence electrons.